The van der Waals surface area contributed by atoms with Crippen LogP contribution >= 0.6 is 0 Å². The summed E-state index contributed by atoms with van der Waals surface area (Å²) in [6, 6.07) is 18.5. The summed E-state index contributed by atoms with van der Waals surface area (Å²) >= 11 is 0. The van der Waals surface area contributed by atoms with Gasteiger partial charge in [0.2, 0.25) is 0 Å². The van der Waals surface area contributed by atoms with Crippen molar-refractivity contribution in [2.24, 2.45) is 0 Å². The Balaban J connectivity index is 1.83. The molecule has 0 heterocycles. The van der Waals surface area contributed by atoms with Gasteiger partial charge in [0.15, 0.2) is 0 Å². The molecule has 0 aromatic heterocycles. The monoisotopic (exact) mass is 280 g/mol. The van der Waals surface area contributed by atoms with Crippen molar-refractivity contribution in [3.8, 4) is 0 Å². The van der Waals surface area contributed by atoms with Crippen LogP contribution in [0.5, 0.6) is 0 Å². The zero-order valence-corrected chi connectivity index (χ0v) is 12.2. The molecule has 0 bridgehead atoms. The van der Waals surface area contributed by atoms with Gasteiger partial charge in [-0.05, 0) is 30.9 Å². The van der Waals surface area contributed by atoms with Crippen molar-refractivity contribution in [2.75, 3.05) is 0 Å². The van der Waals surface area contributed by atoms with Gasteiger partial charge in [0.25, 0.3) is 0 Å². The van der Waals surface area contributed by atoms with E-state index >= 15 is 0 Å². The molecule has 0 spiro atoms. The number of amides is 2. The van der Waals surface area contributed by atoms with Crippen molar-refractivity contribution in [3.05, 3.63) is 71.3 Å². The predicted molar refractivity (Wildman–Crippen MR) is 84.2 cm³/mol. The average molecular weight is 280 g/mol. The van der Waals surface area contributed by atoms with E-state index in [0.29, 0.717) is 6.04 Å². The lowest BCUT2D eigenvalue weighted by atomic mass is 9.98. The highest BCUT2D eigenvalue weighted by Crippen LogP contribution is 2.23. The van der Waals surface area contributed by atoms with Gasteiger partial charge in [0, 0.05) is 6.04 Å². The van der Waals surface area contributed by atoms with Crippen LogP contribution in [0, 0.1) is 6.92 Å². The van der Waals surface area contributed by atoms with E-state index in [-0.39, 0.29) is 12.1 Å². The summed E-state index contributed by atoms with van der Waals surface area (Å²) < 4.78 is 0. The van der Waals surface area contributed by atoms with Gasteiger partial charge >= 0.3 is 6.03 Å². The van der Waals surface area contributed by atoms with Crippen LogP contribution in [0.25, 0.3) is 0 Å². The topological polar surface area (TPSA) is 41.1 Å². The minimum atomic E-state index is -0.120. The number of rotatable bonds is 4. The molecular formula is C18H20N2O. The molecule has 2 N–H and O–H groups in total. The molecule has 0 radical (unpaired) electrons. The molecule has 1 atom stereocenters. The smallest absolute Gasteiger partial charge is 0.315 e. The summed E-state index contributed by atoms with van der Waals surface area (Å²) in [6.45, 7) is 2.06. The average Bonchev–Trinajstić information content (AvgIpc) is 3.31. The van der Waals surface area contributed by atoms with Gasteiger partial charge in [-0.1, -0.05) is 60.2 Å². The Morgan fingerprint density at radius 3 is 2.24 bits per heavy atom. The molecule has 3 nitrogen and oxygen atoms in total. The Labute approximate surface area is 125 Å². The van der Waals surface area contributed by atoms with Gasteiger partial charge in [-0.3, -0.25) is 0 Å². The Hall–Kier alpha value is -2.29. The maximum atomic E-state index is 12.1. The number of hydrogen-bond donors (Lipinski definition) is 2. The van der Waals surface area contributed by atoms with Crippen LogP contribution in [0.15, 0.2) is 54.6 Å². The minimum absolute atomic E-state index is 0.0908. The minimum Gasteiger partial charge on any atom is -0.335 e. The van der Waals surface area contributed by atoms with Crippen LogP contribution in [-0.4, -0.2) is 12.1 Å². The Morgan fingerprint density at radius 1 is 1.00 bits per heavy atom. The second kappa shape index (κ2) is 6.00. The van der Waals surface area contributed by atoms with E-state index in [1.807, 2.05) is 30.3 Å². The molecule has 21 heavy (non-hydrogen) atoms. The zero-order chi connectivity index (χ0) is 14.7. The summed E-state index contributed by atoms with van der Waals surface area (Å²) in [5, 5.41) is 6.08. The lowest BCUT2D eigenvalue weighted by Gasteiger charge is -2.20. The van der Waals surface area contributed by atoms with Gasteiger partial charge in [0.05, 0.1) is 6.04 Å². The summed E-state index contributed by atoms with van der Waals surface area (Å²) in [5.74, 6) is 0. The number of hydrogen-bond acceptors (Lipinski definition) is 1. The number of urea groups is 1. The van der Waals surface area contributed by atoms with Crippen LogP contribution in [-0.2, 0) is 0 Å². The predicted octanol–water partition coefficient (Wildman–Crippen LogP) is 3.55. The van der Waals surface area contributed by atoms with E-state index < -0.39 is 0 Å². The van der Waals surface area contributed by atoms with Crippen molar-refractivity contribution in [1.29, 1.82) is 0 Å². The first kappa shape index (κ1) is 13.7. The molecule has 108 valence electrons. The number of nitrogens with one attached hydrogen (secondary N) is 2. The fourth-order valence-electron chi connectivity index (χ4n) is 2.35. The fourth-order valence-corrected chi connectivity index (χ4v) is 2.35. The van der Waals surface area contributed by atoms with Crippen LogP contribution in [0.2, 0.25) is 0 Å². The highest BCUT2D eigenvalue weighted by atomic mass is 16.2. The summed E-state index contributed by atoms with van der Waals surface area (Å²) in [5.41, 5.74) is 3.40. The SMILES string of the molecule is Cc1ccc(C(NC(=O)NC2CC2)c2ccccc2)cc1. The Kier molecular flexibility index (Phi) is 3.91. The van der Waals surface area contributed by atoms with Crippen LogP contribution < -0.4 is 10.6 Å². The number of carbonyl (C=O) groups excluding carboxylic acids is 1. The summed E-state index contributed by atoms with van der Waals surface area (Å²) in [4.78, 5) is 12.1. The number of benzene rings is 2. The first-order valence-corrected chi connectivity index (χ1v) is 7.41. The van der Waals surface area contributed by atoms with Gasteiger partial charge in [0.1, 0.15) is 0 Å². The largest absolute Gasteiger partial charge is 0.335 e. The molecule has 0 aliphatic heterocycles. The Bertz CT molecular complexity index is 603. The van der Waals surface area contributed by atoms with Crippen LogP contribution in [0.4, 0.5) is 4.79 Å². The summed E-state index contributed by atoms with van der Waals surface area (Å²) in [6.07, 6.45) is 2.18. The van der Waals surface area contributed by atoms with Crippen LogP contribution in [0.1, 0.15) is 35.6 Å². The third-order valence-corrected chi connectivity index (χ3v) is 3.73. The van der Waals surface area contributed by atoms with Crippen molar-refractivity contribution < 1.29 is 4.79 Å². The molecule has 0 saturated heterocycles. The molecule has 1 unspecified atom stereocenters. The van der Waals surface area contributed by atoms with Crippen molar-refractivity contribution in [2.45, 2.75) is 31.8 Å². The highest BCUT2D eigenvalue weighted by Gasteiger charge is 2.25. The molecule has 1 aliphatic carbocycles. The zero-order valence-electron chi connectivity index (χ0n) is 12.2. The van der Waals surface area contributed by atoms with Crippen molar-refractivity contribution in [1.82, 2.24) is 10.6 Å². The molecule has 1 aliphatic rings. The maximum absolute atomic E-state index is 12.1. The van der Waals surface area contributed by atoms with Gasteiger partial charge in [-0.15, -0.1) is 0 Å². The first-order valence-electron chi connectivity index (χ1n) is 7.41. The molecule has 2 aromatic carbocycles. The molecule has 3 rings (SSSR count). The molecule has 3 heteroatoms. The van der Waals surface area contributed by atoms with Crippen LogP contribution in [0.3, 0.4) is 0 Å². The van der Waals surface area contributed by atoms with Crippen molar-refractivity contribution in [3.63, 3.8) is 0 Å². The molecule has 1 saturated carbocycles. The van der Waals surface area contributed by atoms with E-state index in [9.17, 15) is 4.79 Å². The second-order valence-electron chi connectivity index (χ2n) is 5.65. The molecule has 2 aromatic rings. The third-order valence-electron chi connectivity index (χ3n) is 3.73. The fraction of sp³-hybridized carbons (Fsp3) is 0.278. The first-order chi connectivity index (χ1) is 10.2. The standard InChI is InChI=1S/C18H20N2O/c1-13-7-9-15(10-8-13)17(14-5-3-2-4-6-14)20-18(21)19-16-11-12-16/h2-10,16-17H,11-12H2,1H3,(H2,19,20,21). The molecule has 1 fully saturated rings. The second-order valence-corrected chi connectivity index (χ2v) is 5.65. The quantitative estimate of drug-likeness (QED) is 0.883. The van der Waals surface area contributed by atoms with E-state index in [0.717, 1.165) is 24.0 Å². The summed E-state index contributed by atoms with van der Waals surface area (Å²) in [7, 11) is 0. The highest BCUT2D eigenvalue weighted by molar-refractivity contribution is 5.75. The molecular weight excluding hydrogens is 260 g/mol. The van der Waals surface area contributed by atoms with E-state index in [1.165, 1.54) is 5.56 Å². The van der Waals surface area contributed by atoms with Gasteiger partial charge in [-0.2, -0.15) is 0 Å². The van der Waals surface area contributed by atoms with Gasteiger partial charge < -0.3 is 10.6 Å². The van der Waals surface area contributed by atoms with E-state index in [4.69, 9.17) is 0 Å². The number of aryl methyl sites for hydroxylation is 1. The van der Waals surface area contributed by atoms with Crippen molar-refractivity contribution >= 4 is 6.03 Å². The van der Waals surface area contributed by atoms with E-state index in [1.54, 1.807) is 0 Å². The lowest BCUT2D eigenvalue weighted by Crippen LogP contribution is -2.39. The molecule has 2 amide bonds. The van der Waals surface area contributed by atoms with E-state index in [2.05, 4.69) is 41.8 Å². The van der Waals surface area contributed by atoms with Gasteiger partial charge in [-0.25, -0.2) is 4.79 Å². The maximum Gasteiger partial charge on any atom is 0.315 e. The third kappa shape index (κ3) is 3.63. The Morgan fingerprint density at radius 2 is 1.62 bits per heavy atom. The lowest BCUT2D eigenvalue weighted by molar-refractivity contribution is 0.238. The number of carbonyl (C=O) groups is 1. The normalized spacial score (nSPS) is 15.3.